The fourth-order valence-electron chi connectivity index (χ4n) is 2.56. The second-order valence-electron chi connectivity index (χ2n) is 4.67. The van der Waals surface area contributed by atoms with Gasteiger partial charge in [-0.15, -0.1) is 0 Å². The van der Waals surface area contributed by atoms with Crippen LogP contribution < -0.4 is 10.6 Å². The highest BCUT2D eigenvalue weighted by atomic mass is 35.5. The minimum Gasteiger partial charge on any atom is -0.319 e. The van der Waals surface area contributed by atoms with E-state index in [1.807, 2.05) is 26.2 Å². The number of rotatable bonds is 5. The summed E-state index contributed by atoms with van der Waals surface area (Å²) in [4.78, 5) is 0. The first kappa shape index (κ1) is 11.9. The molecule has 0 bridgehead atoms. The van der Waals surface area contributed by atoms with Gasteiger partial charge in [0, 0.05) is 23.0 Å². The van der Waals surface area contributed by atoms with Crippen molar-refractivity contribution in [1.82, 2.24) is 10.6 Å². The summed E-state index contributed by atoms with van der Waals surface area (Å²) in [7, 11) is 4.06. The van der Waals surface area contributed by atoms with Crippen molar-refractivity contribution in [1.29, 1.82) is 0 Å². The van der Waals surface area contributed by atoms with Gasteiger partial charge in [0.05, 0.1) is 0 Å². The summed E-state index contributed by atoms with van der Waals surface area (Å²) in [6.07, 6.45) is 2.59. The topological polar surface area (TPSA) is 24.1 Å². The monoisotopic (exact) mass is 238 g/mol. The first-order valence-corrected chi connectivity index (χ1v) is 6.17. The molecule has 1 aliphatic rings. The molecule has 1 aliphatic carbocycles. The number of hydrogen-bond acceptors (Lipinski definition) is 2. The van der Waals surface area contributed by atoms with Crippen molar-refractivity contribution < 1.29 is 0 Å². The molecule has 1 aromatic carbocycles. The van der Waals surface area contributed by atoms with E-state index in [2.05, 4.69) is 22.8 Å². The standard InChI is InChI=1S/C13H19ClN2/c1-15-9-13(7-8-13)12(16-2)10-3-5-11(14)6-4-10/h3-6,12,15-16H,7-9H2,1-2H3. The molecule has 0 heterocycles. The average molecular weight is 239 g/mol. The fraction of sp³-hybridized carbons (Fsp3) is 0.538. The zero-order chi connectivity index (χ0) is 11.6. The van der Waals surface area contributed by atoms with Crippen LogP contribution in [0.1, 0.15) is 24.4 Å². The quantitative estimate of drug-likeness (QED) is 0.824. The molecule has 2 rings (SSSR count). The Hall–Kier alpha value is -0.570. The van der Waals surface area contributed by atoms with Crippen LogP contribution in [0, 0.1) is 5.41 Å². The van der Waals surface area contributed by atoms with Crippen LogP contribution in [0.25, 0.3) is 0 Å². The second kappa shape index (κ2) is 4.74. The Morgan fingerprint density at radius 1 is 1.25 bits per heavy atom. The molecule has 1 unspecified atom stereocenters. The molecular weight excluding hydrogens is 220 g/mol. The lowest BCUT2D eigenvalue weighted by Crippen LogP contribution is -2.33. The molecule has 88 valence electrons. The van der Waals surface area contributed by atoms with Crippen LogP contribution in [0.4, 0.5) is 0 Å². The highest BCUT2D eigenvalue weighted by molar-refractivity contribution is 6.30. The minimum absolute atomic E-state index is 0.400. The van der Waals surface area contributed by atoms with Crippen LogP contribution in [-0.2, 0) is 0 Å². The maximum Gasteiger partial charge on any atom is 0.0406 e. The summed E-state index contributed by atoms with van der Waals surface area (Å²) in [5, 5.41) is 7.55. The summed E-state index contributed by atoms with van der Waals surface area (Å²) in [6.45, 7) is 1.07. The largest absolute Gasteiger partial charge is 0.319 e. The average Bonchev–Trinajstić information content (AvgIpc) is 3.03. The SMILES string of the molecule is CNCC1(C(NC)c2ccc(Cl)cc2)CC1. The second-order valence-corrected chi connectivity index (χ2v) is 5.10. The Morgan fingerprint density at radius 3 is 2.31 bits per heavy atom. The molecule has 0 radical (unpaired) electrons. The van der Waals surface area contributed by atoms with Gasteiger partial charge in [-0.3, -0.25) is 0 Å². The molecule has 1 saturated carbocycles. The van der Waals surface area contributed by atoms with Crippen LogP contribution >= 0.6 is 11.6 Å². The van der Waals surface area contributed by atoms with Gasteiger partial charge in [-0.25, -0.2) is 0 Å². The zero-order valence-electron chi connectivity index (χ0n) is 9.89. The van der Waals surface area contributed by atoms with Crippen molar-refractivity contribution >= 4 is 11.6 Å². The molecular formula is C13H19ClN2. The van der Waals surface area contributed by atoms with Gasteiger partial charge in [0.15, 0.2) is 0 Å². The lowest BCUT2D eigenvalue weighted by atomic mass is 9.90. The molecule has 3 heteroatoms. The Bertz CT molecular complexity index is 343. The van der Waals surface area contributed by atoms with Crippen LogP contribution in [0.15, 0.2) is 24.3 Å². The van der Waals surface area contributed by atoms with Crippen LogP contribution in [0.2, 0.25) is 5.02 Å². The van der Waals surface area contributed by atoms with E-state index < -0.39 is 0 Å². The molecule has 2 nitrogen and oxygen atoms in total. The first-order valence-electron chi connectivity index (χ1n) is 5.79. The minimum atomic E-state index is 0.400. The van der Waals surface area contributed by atoms with Crippen molar-refractivity contribution in [2.45, 2.75) is 18.9 Å². The van der Waals surface area contributed by atoms with E-state index in [1.165, 1.54) is 18.4 Å². The van der Waals surface area contributed by atoms with Crippen LogP contribution in [0.3, 0.4) is 0 Å². The third kappa shape index (κ3) is 2.24. The van der Waals surface area contributed by atoms with Crippen molar-refractivity contribution in [3.05, 3.63) is 34.9 Å². The number of benzene rings is 1. The van der Waals surface area contributed by atoms with Gasteiger partial charge in [-0.1, -0.05) is 23.7 Å². The molecule has 0 saturated heterocycles. The first-order chi connectivity index (χ1) is 7.72. The van der Waals surface area contributed by atoms with E-state index in [0.717, 1.165) is 11.6 Å². The van der Waals surface area contributed by atoms with Gasteiger partial charge in [0.1, 0.15) is 0 Å². The predicted octanol–water partition coefficient (Wildman–Crippen LogP) is 2.60. The van der Waals surface area contributed by atoms with E-state index in [-0.39, 0.29) is 0 Å². The lowest BCUT2D eigenvalue weighted by Gasteiger charge is -2.27. The van der Waals surface area contributed by atoms with Gasteiger partial charge < -0.3 is 10.6 Å². The number of halogens is 1. The van der Waals surface area contributed by atoms with Crippen molar-refractivity contribution in [2.75, 3.05) is 20.6 Å². The third-order valence-electron chi connectivity index (χ3n) is 3.53. The summed E-state index contributed by atoms with van der Waals surface area (Å²) in [5.41, 5.74) is 1.73. The van der Waals surface area contributed by atoms with Gasteiger partial charge in [0.25, 0.3) is 0 Å². The van der Waals surface area contributed by atoms with E-state index in [0.29, 0.717) is 11.5 Å². The summed E-state index contributed by atoms with van der Waals surface area (Å²) in [5.74, 6) is 0. The Balaban J connectivity index is 2.19. The Labute approximate surface area is 102 Å². The van der Waals surface area contributed by atoms with Crippen LogP contribution in [0.5, 0.6) is 0 Å². The molecule has 0 aromatic heterocycles. The number of hydrogen-bond donors (Lipinski definition) is 2. The highest BCUT2D eigenvalue weighted by Gasteiger charge is 2.48. The maximum atomic E-state index is 5.92. The summed E-state index contributed by atoms with van der Waals surface area (Å²) >= 11 is 5.92. The van der Waals surface area contributed by atoms with Gasteiger partial charge in [-0.2, -0.15) is 0 Å². The van der Waals surface area contributed by atoms with Crippen molar-refractivity contribution in [3.8, 4) is 0 Å². The van der Waals surface area contributed by atoms with Gasteiger partial charge in [-0.05, 0) is 44.6 Å². The molecule has 0 spiro atoms. The third-order valence-corrected chi connectivity index (χ3v) is 3.78. The Morgan fingerprint density at radius 2 is 1.88 bits per heavy atom. The van der Waals surface area contributed by atoms with Crippen LogP contribution in [-0.4, -0.2) is 20.6 Å². The predicted molar refractivity (Wildman–Crippen MR) is 68.8 cm³/mol. The van der Waals surface area contributed by atoms with Gasteiger partial charge in [0.2, 0.25) is 0 Å². The van der Waals surface area contributed by atoms with E-state index in [1.54, 1.807) is 0 Å². The van der Waals surface area contributed by atoms with Crippen molar-refractivity contribution in [2.24, 2.45) is 5.41 Å². The van der Waals surface area contributed by atoms with E-state index >= 15 is 0 Å². The van der Waals surface area contributed by atoms with E-state index in [4.69, 9.17) is 11.6 Å². The molecule has 1 atom stereocenters. The summed E-state index contributed by atoms with van der Waals surface area (Å²) < 4.78 is 0. The Kier molecular flexibility index (Phi) is 3.53. The lowest BCUT2D eigenvalue weighted by molar-refractivity contribution is 0.347. The molecule has 0 aliphatic heterocycles. The smallest absolute Gasteiger partial charge is 0.0406 e. The molecule has 1 fully saturated rings. The molecule has 0 amide bonds. The fourth-order valence-corrected chi connectivity index (χ4v) is 2.69. The normalized spacial score (nSPS) is 19.4. The molecule has 2 N–H and O–H groups in total. The summed E-state index contributed by atoms with van der Waals surface area (Å²) in [6, 6.07) is 8.61. The van der Waals surface area contributed by atoms with Gasteiger partial charge >= 0.3 is 0 Å². The molecule has 1 aromatic rings. The maximum absolute atomic E-state index is 5.92. The number of nitrogens with one attached hydrogen (secondary N) is 2. The highest BCUT2D eigenvalue weighted by Crippen LogP contribution is 2.54. The zero-order valence-corrected chi connectivity index (χ0v) is 10.6. The van der Waals surface area contributed by atoms with E-state index in [9.17, 15) is 0 Å². The van der Waals surface area contributed by atoms with Crippen molar-refractivity contribution in [3.63, 3.8) is 0 Å². The molecule has 16 heavy (non-hydrogen) atoms.